The van der Waals surface area contributed by atoms with Crippen LogP contribution in [0.3, 0.4) is 0 Å². The molecule has 0 unspecified atom stereocenters. The first kappa shape index (κ1) is 37.7. The number of para-hydroxylation sites is 3. The molecule has 0 bridgehead atoms. The minimum atomic E-state index is 0. The molecule has 0 aliphatic heterocycles. The van der Waals surface area contributed by atoms with Gasteiger partial charge in [0.15, 0.2) is 5.65 Å². The zero-order valence-electron chi connectivity index (χ0n) is 32.2. The van der Waals surface area contributed by atoms with Gasteiger partial charge in [0.2, 0.25) is 0 Å². The molecule has 4 aromatic heterocycles. The van der Waals surface area contributed by atoms with Crippen LogP contribution in [0, 0.1) is 12.1 Å². The monoisotopic (exact) mass is 917 g/mol. The Labute approximate surface area is 346 Å². The van der Waals surface area contributed by atoms with Gasteiger partial charge in [0.05, 0.1) is 22.4 Å². The number of benzene rings is 6. The van der Waals surface area contributed by atoms with Crippen LogP contribution in [0.2, 0.25) is 0 Å². The van der Waals surface area contributed by atoms with Gasteiger partial charge in [-0.15, -0.1) is 54.1 Å². The van der Waals surface area contributed by atoms with E-state index in [0.717, 1.165) is 72.3 Å². The molecule has 0 aliphatic carbocycles. The van der Waals surface area contributed by atoms with E-state index in [9.17, 15) is 0 Å². The zero-order valence-corrected chi connectivity index (χ0v) is 34.6. The fourth-order valence-corrected chi connectivity index (χ4v) is 7.55. The number of nitrogens with zero attached hydrogens (tertiary/aromatic N) is 4. The molecule has 0 spiro atoms. The maximum absolute atomic E-state index is 6.45. The number of pyridine rings is 2. The fraction of sp³-hybridized carbons (Fsp3) is 0.118. The molecule has 4 heterocycles. The van der Waals surface area contributed by atoms with Crippen molar-refractivity contribution in [3.05, 3.63) is 181 Å². The van der Waals surface area contributed by atoms with E-state index < -0.39 is 0 Å². The summed E-state index contributed by atoms with van der Waals surface area (Å²) < 4.78 is 8.71. The van der Waals surface area contributed by atoms with Crippen LogP contribution in [0.15, 0.2) is 162 Å². The average Bonchev–Trinajstić information content (AvgIpc) is 3.81. The Morgan fingerprint density at radius 1 is 0.596 bits per heavy atom. The van der Waals surface area contributed by atoms with E-state index in [-0.39, 0.29) is 20.1 Å². The molecule has 57 heavy (non-hydrogen) atoms. The van der Waals surface area contributed by atoms with Crippen LogP contribution in [-0.2, 0) is 20.1 Å². The second-order valence-corrected chi connectivity index (χ2v) is 14.7. The molecule has 6 heteroatoms. The van der Waals surface area contributed by atoms with Gasteiger partial charge in [-0.2, -0.15) is 0 Å². The molecule has 0 fully saturated rings. The van der Waals surface area contributed by atoms with Gasteiger partial charge >= 0.3 is 0 Å². The average molecular weight is 917 g/mol. The van der Waals surface area contributed by atoms with Crippen molar-refractivity contribution in [2.45, 2.75) is 39.5 Å². The van der Waals surface area contributed by atoms with Crippen molar-refractivity contribution in [2.75, 3.05) is 0 Å². The summed E-state index contributed by atoms with van der Waals surface area (Å²) in [5.74, 6) is 1.43. The number of fused-ring (bicyclic) bond motifs is 5. The van der Waals surface area contributed by atoms with Crippen LogP contribution in [0.5, 0.6) is 0 Å². The standard InChI is InChI=1S/C34H28N3O.C17H12N.Ir/c1-20(2)23-13-9-14-24(21(3)4)31(23)37-33(36-29-19-22-11-5-7-17-28(22)35-34(29)37)27-16-10-15-26-25-12-6-8-18-30(25)38-32(26)27;1-3-7-14(8-4-1)16-11-12-18-17(13-16)15-9-5-2-6-10-15;/h5-15,17-21H,1-4H3;1-9,11-13H;/q2*-1;. The van der Waals surface area contributed by atoms with Gasteiger partial charge in [-0.25, -0.2) is 4.98 Å². The van der Waals surface area contributed by atoms with Gasteiger partial charge < -0.3 is 14.0 Å². The summed E-state index contributed by atoms with van der Waals surface area (Å²) >= 11 is 0. The van der Waals surface area contributed by atoms with E-state index in [1.165, 1.54) is 22.3 Å². The zero-order chi connectivity index (χ0) is 38.2. The maximum atomic E-state index is 6.45. The maximum Gasteiger partial charge on any atom is 0.156 e. The molecule has 10 aromatic rings. The first-order valence-electron chi connectivity index (χ1n) is 19.2. The summed E-state index contributed by atoms with van der Waals surface area (Å²) in [4.78, 5) is 14.8. The molecule has 0 saturated heterocycles. The molecule has 0 atom stereocenters. The van der Waals surface area contributed by atoms with Crippen LogP contribution < -0.4 is 0 Å². The van der Waals surface area contributed by atoms with Crippen molar-refractivity contribution < 1.29 is 24.5 Å². The Hall–Kier alpha value is -6.20. The van der Waals surface area contributed by atoms with Gasteiger partial charge in [0, 0.05) is 42.8 Å². The topological polar surface area (TPSA) is 56.7 Å². The molecule has 1 radical (unpaired) electrons. The van der Waals surface area contributed by atoms with Crippen molar-refractivity contribution >= 4 is 44.0 Å². The first-order chi connectivity index (χ1) is 27.4. The van der Waals surface area contributed by atoms with Crippen LogP contribution >= 0.6 is 0 Å². The first-order valence-corrected chi connectivity index (χ1v) is 19.2. The van der Waals surface area contributed by atoms with Crippen LogP contribution in [-0.4, -0.2) is 19.5 Å². The van der Waals surface area contributed by atoms with Crippen LogP contribution in [0.1, 0.15) is 50.7 Å². The summed E-state index contributed by atoms with van der Waals surface area (Å²) in [6, 6.07) is 58.3. The number of rotatable bonds is 6. The largest absolute Gasteiger partial charge is 0.501 e. The summed E-state index contributed by atoms with van der Waals surface area (Å²) in [7, 11) is 0. The van der Waals surface area contributed by atoms with Gasteiger partial charge in [-0.3, -0.25) is 4.98 Å². The van der Waals surface area contributed by atoms with Gasteiger partial charge in [-0.1, -0.05) is 130 Å². The number of furan rings is 1. The Balaban J connectivity index is 0.000000201. The molecule has 0 amide bonds. The van der Waals surface area contributed by atoms with Crippen molar-refractivity contribution in [1.82, 2.24) is 19.5 Å². The SMILES string of the molecule is CC(C)c1cccc(C(C)C)c1-n1c(-c2[c-]ccc3c2oc2ccccc23)nc2cc3ccccc3nc21.[Ir].[c-]1ccccc1-c1cc(-c2ccccc2)ccn1. The Morgan fingerprint density at radius 2 is 1.33 bits per heavy atom. The number of hydrogen-bond acceptors (Lipinski definition) is 4. The molecule has 0 N–H and O–H groups in total. The van der Waals surface area contributed by atoms with Gasteiger partial charge in [0.25, 0.3) is 0 Å². The summed E-state index contributed by atoms with van der Waals surface area (Å²) in [5, 5.41) is 3.23. The van der Waals surface area contributed by atoms with Crippen molar-refractivity contribution in [1.29, 1.82) is 0 Å². The molecule has 5 nitrogen and oxygen atoms in total. The normalized spacial score (nSPS) is 11.3. The third-order valence-corrected chi connectivity index (χ3v) is 10.3. The molecular weight excluding hydrogens is 877 g/mol. The summed E-state index contributed by atoms with van der Waals surface area (Å²) in [5.41, 5.74) is 13.2. The van der Waals surface area contributed by atoms with E-state index in [4.69, 9.17) is 14.4 Å². The molecule has 281 valence electrons. The number of imidazole rings is 1. The van der Waals surface area contributed by atoms with E-state index in [1.807, 2.05) is 91.1 Å². The Kier molecular flexibility index (Phi) is 10.7. The molecule has 10 rings (SSSR count). The van der Waals surface area contributed by atoms with E-state index >= 15 is 0 Å². The second kappa shape index (κ2) is 16.1. The predicted octanol–water partition coefficient (Wildman–Crippen LogP) is 13.4. The number of aromatic nitrogens is 4. The fourth-order valence-electron chi connectivity index (χ4n) is 7.55. The van der Waals surface area contributed by atoms with Gasteiger partial charge in [-0.05, 0) is 64.0 Å². The molecule has 0 aliphatic rings. The second-order valence-electron chi connectivity index (χ2n) is 14.7. The summed E-state index contributed by atoms with van der Waals surface area (Å²) in [6.45, 7) is 8.99. The minimum absolute atomic E-state index is 0. The minimum Gasteiger partial charge on any atom is -0.501 e. The predicted molar refractivity (Wildman–Crippen MR) is 230 cm³/mol. The third kappa shape index (κ3) is 7.19. The Bertz CT molecular complexity index is 2900. The molecule has 0 saturated carbocycles. The van der Waals surface area contributed by atoms with E-state index in [2.05, 4.69) is 116 Å². The summed E-state index contributed by atoms with van der Waals surface area (Å²) in [6.07, 6.45) is 1.85. The third-order valence-electron chi connectivity index (χ3n) is 10.3. The van der Waals surface area contributed by atoms with Crippen LogP contribution in [0.25, 0.3) is 83.5 Å². The van der Waals surface area contributed by atoms with Crippen molar-refractivity contribution in [3.63, 3.8) is 0 Å². The van der Waals surface area contributed by atoms with E-state index in [1.54, 1.807) is 0 Å². The number of hydrogen-bond donors (Lipinski definition) is 0. The van der Waals surface area contributed by atoms with Crippen LogP contribution in [0.4, 0.5) is 0 Å². The van der Waals surface area contributed by atoms with Crippen molar-refractivity contribution in [3.8, 4) is 39.5 Å². The van der Waals surface area contributed by atoms with Gasteiger partial charge in [0.1, 0.15) is 5.58 Å². The quantitative estimate of drug-likeness (QED) is 0.156. The molecular formula is C51H40IrN4O-2. The molecule has 6 aromatic carbocycles. The smallest absolute Gasteiger partial charge is 0.156 e. The van der Waals surface area contributed by atoms with Crippen molar-refractivity contribution in [2.24, 2.45) is 0 Å². The van der Waals surface area contributed by atoms with E-state index in [0.29, 0.717) is 11.8 Å². The Morgan fingerprint density at radius 3 is 2.11 bits per heavy atom.